The Morgan fingerprint density at radius 3 is 2.70 bits per heavy atom. The van der Waals surface area contributed by atoms with Gasteiger partial charge in [0.25, 0.3) is 0 Å². The molecule has 1 fully saturated rings. The summed E-state index contributed by atoms with van der Waals surface area (Å²) in [7, 11) is 1.61. The van der Waals surface area contributed by atoms with Gasteiger partial charge in [-0.05, 0) is 55.5 Å². The Morgan fingerprint density at radius 1 is 1.17 bits per heavy atom. The lowest BCUT2D eigenvalue weighted by Gasteiger charge is -2.32. The zero-order valence-electron chi connectivity index (χ0n) is 17.2. The number of nitrogens with one attached hydrogen (secondary N) is 2. The van der Waals surface area contributed by atoms with Crippen LogP contribution in [-0.2, 0) is 11.3 Å². The number of ether oxygens (including phenoxy) is 1. The fourth-order valence-electron chi connectivity index (χ4n) is 3.69. The third-order valence-electron chi connectivity index (χ3n) is 5.35. The van der Waals surface area contributed by atoms with E-state index in [-0.39, 0.29) is 23.7 Å². The first kappa shape index (κ1) is 21.6. The van der Waals surface area contributed by atoms with Crippen LogP contribution in [0.5, 0.6) is 5.75 Å². The van der Waals surface area contributed by atoms with Crippen molar-refractivity contribution in [3.8, 4) is 5.75 Å². The highest BCUT2D eigenvalue weighted by Crippen LogP contribution is 2.22. The number of nitrogens with zero attached hydrogens (tertiary/aromatic N) is 1. The second-order valence-electron chi connectivity index (χ2n) is 7.52. The summed E-state index contributed by atoms with van der Waals surface area (Å²) in [6.07, 6.45) is 3.07. The zero-order valence-corrected chi connectivity index (χ0v) is 17.2. The molecular weight excluding hydrogens is 385 g/mol. The van der Waals surface area contributed by atoms with Crippen molar-refractivity contribution in [1.29, 1.82) is 0 Å². The number of halogens is 1. The van der Waals surface area contributed by atoms with E-state index >= 15 is 0 Å². The summed E-state index contributed by atoms with van der Waals surface area (Å²) < 4.78 is 18.3. The summed E-state index contributed by atoms with van der Waals surface area (Å²) >= 11 is 0. The van der Waals surface area contributed by atoms with E-state index in [1.807, 2.05) is 24.3 Å². The maximum Gasteiger partial charge on any atom is 0.321 e. The van der Waals surface area contributed by atoms with Gasteiger partial charge < -0.3 is 20.3 Å². The second-order valence-corrected chi connectivity index (χ2v) is 7.52. The number of para-hydroxylation sites is 1. The number of rotatable bonds is 7. The molecule has 1 aliphatic heterocycles. The number of anilines is 1. The highest BCUT2D eigenvalue weighted by Gasteiger charge is 2.24. The molecular formula is C23H28FN3O3. The molecule has 0 aromatic heterocycles. The van der Waals surface area contributed by atoms with E-state index in [2.05, 4.69) is 10.6 Å². The SMILES string of the molecule is COc1ccccc1CNC(=O)CCC1CCCN(C(=O)Nc2ccc(F)cc2)C1. The molecule has 1 heterocycles. The van der Waals surface area contributed by atoms with Gasteiger partial charge in [-0.2, -0.15) is 0 Å². The predicted octanol–water partition coefficient (Wildman–Crippen LogP) is 4.17. The van der Waals surface area contributed by atoms with Crippen molar-refractivity contribution in [2.75, 3.05) is 25.5 Å². The first-order valence-electron chi connectivity index (χ1n) is 10.2. The van der Waals surface area contributed by atoms with E-state index in [1.54, 1.807) is 24.1 Å². The first-order chi connectivity index (χ1) is 14.5. The van der Waals surface area contributed by atoms with Gasteiger partial charge in [0.15, 0.2) is 0 Å². The number of benzene rings is 2. The molecule has 2 aromatic rings. The lowest BCUT2D eigenvalue weighted by molar-refractivity contribution is -0.121. The molecule has 6 nitrogen and oxygen atoms in total. The van der Waals surface area contributed by atoms with Crippen molar-refractivity contribution in [3.63, 3.8) is 0 Å². The van der Waals surface area contributed by atoms with Crippen LogP contribution in [0.4, 0.5) is 14.9 Å². The quantitative estimate of drug-likeness (QED) is 0.716. The van der Waals surface area contributed by atoms with Crippen molar-refractivity contribution in [2.45, 2.75) is 32.2 Å². The molecule has 0 spiro atoms. The van der Waals surface area contributed by atoms with Gasteiger partial charge in [0.2, 0.25) is 5.91 Å². The smallest absolute Gasteiger partial charge is 0.321 e. The van der Waals surface area contributed by atoms with Crippen LogP contribution < -0.4 is 15.4 Å². The second kappa shape index (κ2) is 10.6. The van der Waals surface area contributed by atoms with E-state index in [1.165, 1.54) is 12.1 Å². The third kappa shape index (κ3) is 6.20. The number of carbonyl (C=O) groups is 2. The Kier molecular flexibility index (Phi) is 7.65. The summed E-state index contributed by atoms with van der Waals surface area (Å²) in [5, 5.41) is 5.74. The molecule has 1 atom stereocenters. The summed E-state index contributed by atoms with van der Waals surface area (Å²) in [6, 6.07) is 13.1. The molecule has 30 heavy (non-hydrogen) atoms. The molecule has 2 N–H and O–H groups in total. The minimum atomic E-state index is -0.338. The molecule has 1 unspecified atom stereocenters. The van der Waals surface area contributed by atoms with Gasteiger partial charge in [-0.15, -0.1) is 0 Å². The molecule has 0 bridgehead atoms. The minimum absolute atomic E-state index is 0.00575. The van der Waals surface area contributed by atoms with Crippen LogP contribution in [0.3, 0.4) is 0 Å². The topological polar surface area (TPSA) is 70.7 Å². The van der Waals surface area contributed by atoms with Gasteiger partial charge in [-0.1, -0.05) is 18.2 Å². The largest absolute Gasteiger partial charge is 0.496 e. The van der Waals surface area contributed by atoms with Crippen molar-refractivity contribution < 1.29 is 18.7 Å². The number of piperidine rings is 1. The average Bonchev–Trinajstić information content (AvgIpc) is 2.78. The summed E-state index contributed by atoms with van der Waals surface area (Å²) in [5.41, 5.74) is 1.51. The first-order valence-corrected chi connectivity index (χ1v) is 10.2. The number of carbonyl (C=O) groups excluding carboxylic acids is 2. The number of hydrogen-bond donors (Lipinski definition) is 2. The molecule has 7 heteroatoms. The molecule has 0 aliphatic carbocycles. The van der Waals surface area contributed by atoms with Crippen LogP contribution in [0, 0.1) is 11.7 Å². The Morgan fingerprint density at radius 2 is 1.93 bits per heavy atom. The fourth-order valence-corrected chi connectivity index (χ4v) is 3.69. The summed E-state index contributed by atoms with van der Waals surface area (Å²) in [6.45, 7) is 1.73. The van der Waals surface area contributed by atoms with Gasteiger partial charge in [0.1, 0.15) is 11.6 Å². The van der Waals surface area contributed by atoms with Crippen molar-refractivity contribution in [2.24, 2.45) is 5.92 Å². The van der Waals surface area contributed by atoms with E-state index < -0.39 is 0 Å². The lowest BCUT2D eigenvalue weighted by Crippen LogP contribution is -2.42. The number of likely N-dealkylation sites (tertiary alicyclic amines) is 1. The molecule has 1 saturated heterocycles. The highest BCUT2D eigenvalue weighted by molar-refractivity contribution is 5.89. The molecule has 0 saturated carbocycles. The van der Waals surface area contributed by atoms with Gasteiger partial charge >= 0.3 is 6.03 Å². The maximum absolute atomic E-state index is 13.0. The molecule has 3 amide bonds. The third-order valence-corrected chi connectivity index (χ3v) is 5.35. The molecule has 1 aliphatic rings. The summed E-state index contributed by atoms with van der Waals surface area (Å²) in [4.78, 5) is 26.5. The monoisotopic (exact) mass is 413 g/mol. The molecule has 3 rings (SSSR count). The van der Waals surface area contributed by atoms with Crippen LogP contribution in [0.2, 0.25) is 0 Å². The normalized spacial score (nSPS) is 16.1. The summed E-state index contributed by atoms with van der Waals surface area (Å²) in [5.74, 6) is 0.700. The molecule has 2 aromatic carbocycles. The van der Waals surface area contributed by atoms with Crippen molar-refractivity contribution in [1.82, 2.24) is 10.2 Å². The van der Waals surface area contributed by atoms with E-state index in [4.69, 9.17) is 4.74 Å². The predicted molar refractivity (Wildman–Crippen MR) is 114 cm³/mol. The Bertz CT molecular complexity index is 857. The minimum Gasteiger partial charge on any atom is -0.496 e. The van der Waals surface area contributed by atoms with E-state index in [0.717, 1.165) is 30.6 Å². The Labute approximate surface area is 176 Å². The van der Waals surface area contributed by atoms with Crippen molar-refractivity contribution >= 4 is 17.6 Å². The number of amides is 3. The van der Waals surface area contributed by atoms with Crippen LogP contribution in [-0.4, -0.2) is 37.0 Å². The van der Waals surface area contributed by atoms with Crippen LogP contribution in [0.1, 0.15) is 31.2 Å². The van der Waals surface area contributed by atoms with E-state index in [0.29, 0.717) is 31.7 Å². The van der Waals surface area contributed by atoms with Gasteiger partial charge in [-0.25, -0.2) is 9.18 Å². The standard InChI is InChI=1S/C23H28FN3O3/c1-30-21-7-3-2-6-18(21)15-25-22(28)13-8-17-5-4-14-27(16-17)23(29)26-20-11-9-19(24)10-12-20/h2-3,6-7,9-12,17H,4-5,8,13-16H2,1H3,(H,25,28)(H,26,29). The van der Waals surface area contributed by atoms with Gasteiger partial charge in [0.05, 0.1) is 7.11 Å². The number of hydrogen-bond acceptors (Lipinski definition) is 3. The lowest BCUT2D eigenvalue weighted by atomic mass is 9.93. The molecule has 0 radical (unpaired) electrons. The number of urea groups is 1. The van der Waals surface area contributed by atoms with E-state index in [9.17, 15) is 14.0 Å². The van der Waals surface area contributed by atoms with Crippen LogP contribution in [0.25, 0.3) is 0 Å². The van der Waals surface area contributed by atoms with Crippen molar-refractivity contribution in [3.05, 3.63) is 59.9 Å². The maximum atomic E-state index is 13.0. The van der Waals surface area contributed by atoms with Crippen LogP contribution in [0.15, 0.2) is 48.5 Å². The highest BCUT2D eigenvalue weighted by atomic mass is 19.1. The molecule has 160 valence electrons. The number of methoxy groups -OCH3 is 1. The zero-order chi connectivity index (χ0) is 21.3. The van der Waals surface area contributed by atoms with Crippen LogP contribution >= 0.6 is 0 Å². The fraction of sp³-hybridized carbons (Fsp3) is 0.391. The van der Waals surface area contributed by atoms with Gasteiger partial charge in [-0.3, -0.25) is 4.79 Å². The van der Waals surface area contributed by atoms with Gasteiger partial charge in [0, 0.05) is 37.3 Å². The average molecular weight is 413 g/mol. The Balaban J connectivity index is 1.42. The Hall–Kier alpha value is -3.09.